The summed E-state index contributed by atoms with van der Waals surface area (Å²) in [7, 11) is 1.31. The van der Waals surface area contributed by atoms with Crippen LogP contribution in [0.3, 0.4) is 0 Å². The Morgan fingerprint density at radius 3 is 1.86 bits per heavy atom. The van der Waals surface area contributed by atoms with Gasteiger partial charge in [0, 0.05) is 5.69 Å². The lowest BCUT2D eigenvalue weighted by Crippen LogP contribution is -2.58. The summed E-state index contributed by atoms with van der Waals surface area (Å²) in [6.07, 6.45) is -0.746. The van der Waals surface area contributed by atoms with Crippen molar-refractivity contribution < 1.29 is 19.1 Å². The van der Waals surface area contributed by atoms with E-state index in [1.54, 1.807) is 12.1 Å². The number of hydrogen-bond donors (Lipinski definition) is 2. The van der Waals surface area contributed by atoms with Gasteiger partial charge in [-0.15, -0.1) is 0 Å². The molecule has 0 bridgehead atoms. The van der Waals surface area contributed by atoms with Crippen molar-refractivity contribution in [3.05, 3.63) is 138 Å². The number of ether oxygens (including phenoxy) is 2. The average molecular weight is 481 g/mol. The summed E-state index contributed by atoms with van der Waals surface area (Å²) in [5.74, 6) is -0.636. The van der Waals surface area contributed by atoms with Gasteiger partial charge in [-0.05, 0) is 28.8 Å². The third-order valence-electron chi connectivity index (χ3n) is 5.90. The maximum atomic E-state index is 13.7. The molecule has 0 aromatic heterocycles. The number of rotatable bonds is 9. The molecule has 0 aliphatic rings. The van der Waals surface area contributed by atoms with Crippen LogP contribution in [0.1, 0.15) is 22.7 Å². The minimum atomic E-state index is -1.65. The number of nitrogens with one attached hydrogen (secondary N) is 2. The van der Waals surface area contributed by atoms with E-state index < -0.39 is 23.6 Å². The van der Waals surface area contributed by atoms with Crippen molar-refractivity contribution in [2.45, 2.75) is 18.2 Å². The van der Waals surface area contributed by atoms with Crippen molar-refractivity contribution in [1.82, 2.24) is 5.32 Å². The van der Waals surface area contributed by atoms with E-state index >= 15 is 0 Å². The molecular formula is C30H28N2O4. The minimum absolute atomic E-state index is 0.0564. The van der Waals surface area contributed by atoms with Gasteiger partial charge in [0.25, 0.3) is 0 Å². The van der Waals surface area contributed by atoms with E-state index in [9.17, 15) is 9.59 Å². The second-order valence-corrected chi connectivity index (χ2v) is 8.21. The molecule has 36 heavy (non-hydrogen) atoms. The molecule has 0 spiro atoms. The van der Waals surface area contributed by atoms with Gasteiger partial charge in [0.05, 0.1) is 13.2 Å². The van der Waals surface area contributed by atoms with Crippen LogP contribution in [0.15, 0.2) is 121 Å². The average Bonchev–Trinajstić information content (AvgIpc) is 2.95. The lowest BCUT2D eigenvalue weighted by Gasteiger charge is -2.40. The van der Waals surface area contributed by atoms with E-state index in [4.69, 9.17) is 9.47 Å². The van der Waals surface area contributed by atoms with Crippen LogP contribution in [0.4, 0.5) is 10.5 Å². The molecule has 2 atom stereocenters. The molecular weight excluding hydrogens is 452 g/mol. The van der Waals surface area contributed by atoms with Crippen molar-refractivity contribution in [2.75, 3.05) is 12.4 Å². The van der Waals surface area contributed by atoms with Crippen LogP contribution in [-0.2, 0) is 26.4 Å². The summed E-state index contributed by atoms with van der Waals surface area (Å²) in [6, 6.07) is 36.6. The Labute approximate surface area is 210 Å². The van der Waals surface area contributed by atoms with Crippen molar-refractivity contribution in [1.29, 1.82) is 0 Å². The van der Waals surface area contributed by atoms with Crippen molar-refractivity contribution in [3.8, 4) is 0 Å². The maximum Gasteiger partial charge on any atom is 0.408 e. The third-order valence-corrected chi connectivity index (χ3v) is 5.90. The van der Waals surface area contributed by atoms with Crippen molar-refractivity contribution in [3.63, 3.8) is 0 Å². The van der Waals surface area contributed by atoms with Gasteiger partial charge in [-0.3, -0.25) is 5.32 Å². The Hall–Kier alpha value is -4.58. The van der Waals surface area contributed by atoms with Crippen LogP contribution in [-0.4, -0.2) is 19.2 Å². The first kappa shape index (κ1) is 24.5. The van der Waals surface area contributed by atoms with Gasteiger partial charge < -0.3 is 14.8 Å². The number of alkyl carbamates (subject to hydrolysis) is 1. The molecule has 182 valence electrons. The number of amides is 1. The molecule has 0 heterocycles. The molecule has 0 aliphatic heterocycles. The monoisotopic (exact) mass is 480 g/mol. The first-order valence-corrected chi connectivity index (χ1v) is 11.6. The normalized spacial score (nSPS) is 13.0. The summed E-state index contributed by atoms with van der Waals surface area (Å²) in [5.41, 5.74) is 1.28. The van der Waals surface area contributed by atoms with Gasteiger partial charge in [-0.1, -0.05) is 109 Å². The highest BCUT2D eigenvalue weighted by atomic mass is 16.6. The molecule has 0 saturated heterocycles. The van der Waals surface area contributed by atoms with Crippen LogP contribution >= 0.6 is 0 Å². The Morgan fingerprint density at radius 2 is 1.28 bits per heavy atom. The number of hydrogen-bond acceptors (Lipinski definition) is 5. The highest BCUT2D eigenvalue weighted by molar-refractivity contribution is 5.89. The van der Waals surface area contributed by atoms with Crippen LogP contribution in [0, 0.1) is 0 Å². The highest BCUT2D eigenvalue weighted by Crippen LogP contribution is 2.39. The van der Waals surface area contributed by atoms with Crippen LogP contribution < -0.4 is 10.6 Å². The summed E-state index contributed by atoms with van der Waals surface area (Å²) < 4.78 is 10.9. The Kier molecular flexibility index (Phi) is 7.98. The molecule has 1 amide bonds. The molecule has 0 unspecified atom stereocenters. The number of carbonyl (C=O) groups is 2. The van der Waals surface area contributed by atoms with Crippen molar-refractivity contribution in [2.24, 2.45) is 0 Å². The topological polar surface area (TPSA) is 76.7 Å². The number of anilines is 1. The molecule has 6 nitrogen and oxygen atoms in total. The largest absolute Gasteiger partial charge is 0.467 e. The lowest BCUT2D eigenvalue weighted by atomic mass is 9.78. The fraction of sp³-hybridized carbons (Fsp3) is 0.133. The number of methoxy groups -OCH3 is 1. The summed E-state index contributed by atoms with van der Waals surface area (Å²) in [5, 5.41) is 6.35. The van der Waals surface area contributed by atoms with Crippen LogP contribution in [0.25, 0.3) is 0 Å². The second-order valence-electron chi connectivity index (χ2n) is 8.21. The standard InChI is InChI=1S/C30H28N2O4/c1-35-28(33)30(25-18-10-4-11-19-25,32-29(34)36-22-23-14-6-2-7-15-23)27(24-16-8-3-9-17-24)31-26-20-12-5-13-21-26/h2-21,27,31H,22H2,1H3,(H,32,34)/t27-,30+/m0/s1. The Morgan fingerprint density at radius 1 is 0.750 bits per heavy atom. The predicted octanol–water partition coefficient (Wildman–Crippen LogP) is 5.83. The predicted molar refractivity (Wildman–Crippen MR) is 139 cm³/mol. The molecule has 0 saturated carbocycles. The molecule has 4 aromatic carbocycles. The zero-order valence-corrected chi connectivity index (χ0v) is 20.0. The van der Waals surface area contributed by atoms with Crippen molar-refractivity contribution >= 4 is 17.7 Å². The Bertz CT molecular complexity index is 1250. The summed E-state index contributed by atoms with van der Waals surface area (Å²) >= 11 is 0. The molecule has 2 N–H and O–H groups in total. The molecule has 0 radical (unpaired) electrons. The first-order chi connectivity index (χ1) is 17.6. The number of benzene rings is 4. The zero-order valence-electron chi connectivity index (χ0n) is 20.0. The quantitative estimate of drug-likeness (QED) is 0.295. The fourth-order valence-electron chi connectivity index (χ4n) is 4.17. The fourth-order valence-corrected chi connectivity index (χ4v) is 4.17. The SMILES string of the molecule is COC(=O)[C@@](NC(=O)OCc1ccccc1)(c1ccccc1)[C@@H](Nc1ccccc1)c1ccccc1. The first-order valence-electron chi connectivity index (χ1n) is 11.6. The Balaban J connectivity index is 1.80. The zero-order chi connectivity index (χ0) is 25.2. The van der Waals surface area contributed by atoms with E-state index in [1.807, 2.05) is 109 Å². The third kappa shape index (κ3) is 5.55. The summed E-state index contributed by atoms with van der Waals surface area (Å²) in [6.45, 7) is 0.0564. The van der Waals surface area contributed by atoms with Gasteiger partial charge >= 0.3 is 12.1 Å². The highest BCUT2D eigenvalue weighted by Gasteiger charge is 2.51. The van der Waals surface area contributed by atoms with E-state index in [0.717, 1.165) is 16.8 Å². The van der Waals surface area contributed by atoms with E-state index in [0.29, 0.717) is 5.56 Å². The van der Waals surface area contributed by atoms with Gasteiger partial charge in [0.2, 0.25) is 0 Å². The molecule has 4 rings (SSSR count). The van der Waals surface area contributed by atoms with Gasteiger partial charge in [-0.2, -0.15) is 0 Å². The number of carbonyl (C=O) groups excluding carboxylic acids is 2. The molecule has 6 heteroatoms. The summed E-state index contributed by atoms with van der Waals surface area (Å²) in [4.78, 5) is 27.0. The maximum absolute atomic E-state index is 13.7. The van der Waals surface area contributed by atoms with Crippen LogP contribution in [0.5, 0.6) is 0 Å². The lowest BCUT2D eigenvalue weighted by molar-refractivity contribution is -0.150. The van der Waals surface area contributed by atoms with E-state index in [2.05, 4.69) is 10.6 Å². The van der Waals surface area contributed by atoms with Crippen LogP contribution in [0.2, 0.25) is 0 Å². The number of esters is 1. The van der Waals surface area contributed by atoms with Gasteiger partial charge in [0.1, 0.15) is 6.61 Å². The molecule has 4 aromatic rings. The molecule has 0 fully saturated rings. The number of para-hydroxylation sites is 1. The second kappa shape index (κ2) is 11.7. The van der Waals surface area contributed by atoms with E-state index in [-0.39, 0.29) is 6.61 Å². The molecule has 0 aliphatic carbocycles. The van der Waals surface area contributed by atoms with Gasteiger partial charge in [-0.25, -0.2) is 9.59 Å². The minimum Gasteiger partial charge on any atom is -0.467 e. The van der Waals surface area contributed by atoms with E-state index in [1.165, 1.54) is 7.11 Å². The smallest absolute Gasteiger partial charge is 0.408 e. The van der Waals surface area contributed by atoms with Gasteiger partial charge in [0.15, 0.2) is 5.54 Å².